The SMILES string of the molecule is O=C1NN(c2cccc3c(O)cccc23)C(Cc2ccccc2)C2=C1CCCC2. The number of aromatic hydroxyl groups is 1. The van der Waals surface area contributed by atoms with Gasteiger partial charge >= 0.3 is 0 Å². The molecule has 4 nitrogen and oxygen atoms in total. The van der Waals surface area contributed by atoms with Gasteiger partial charge in [0.15, 0.2) is 0 Å². The van der Waals surface area contributed by atoms with Crippen molar-refractivity contribution in [3.8, 4) is 5.75 Å². The van der Waals surface area contributed by atoms with E-state index in [4.69, 9.17) is 0 Å². The summed E-state index contributed by atoms with van der Waals surface area (Å²) in [5, 5.41) is 14.1. The van der Waals surface area contributed by atoms with Crippen molar-refractivity contribution in [2.45, 2.75) is 38.1 Å². The van der Waals surface area contributed by atoms with E-state index in [0.29, 0.717) is 0 Å². The molecule has 4 heteroatoms. The summed E-state index contributed by atoms with van der Waals surface area (Å²) in [5.74, 6) is 0.269. The first-order chi connectivity index (χ1) is 14.2. The van der Waals surface area contributed by atoms with Crippen LogP contribution in [-0.4, -0.2) is 17.1 Å². The summed E-state index contributed by atoms with van der Waals surface area (Å²) in [4.78, 5) is 13.0. The number of hydrogen-bond donors (Lipinski definition) is 2. The van der Waals surface area contributed by atoms with Crippen LogP contribution in [-0.2, 0) is 11.2 Å². The molecule has 0 saturated heterocycles. The zero-order valence-corrected chi connectivity index (χ0v) is 16.3. The Hall–Kier alpha value is -3.27. The number of anilines is 1. The monoisotopic (exact) mass is 384 g/mol. The van der Waals surface area contributed by atoms with Crippen molar-refractivity contribution in [1.82, 2.24) is 5.43 Å². The Kier molecular flexibility index (Phi) is 4.47. The van der Waals surface area contributed by atoms with E-state index in [1.54, 1.807) is 6.07 Å². The van der Waals surface area contributed by atoms with Gasteiger partial charge in [-0.1, -0.05) is 54.6 Å². The molecule has 2 N–H and O–H groups in total. The van der Waals surface area contributed by atoms with Gasteiger partial charge in [-0.05, 0) is 55.4 Å². The molecule has 1 unspecified atom stereocenters. The summed E-state index contributed by atoms with van der Waals surface area (Å²) < 4.78 is 0. The Morgan fingerprint density at radius 2 is 1.66 bits per heavy atom. The number of fused-ring (bicyclic) bond motifs is 1. The highest BCUT2D eigenvalue weighted by Gasteiger charge is 2.36. The van der Waals surface area contributed by atoms with Crippen LogP contribution in [0.2, 0.25) is 0 Å². The van der Waals surface area contributed by atoms with Crippen molar-refractivity contribution < 1.29 is 9.90 Å². The highest BCUT2D eigenvalue weighted by molar-refractivity contribution is 6.02. The van der Waals surface area contributed by atoms with Gasteiger partial charge < -0.3 is 5.11 Å². The van der Waals surface area contributed by atoms with E-state index >= 15 is 0 Å². The minimum Gasteiger partial charge on any atom is -0.507 e. The van der Waals surface area contributed by atoms with E-state index in [1.165, 1.54) is 11.1 Å². The van der Waals surface area contributed by atoms with Gasteiger partial charge in [-0.2, -0.15) is 0 Å². The van der Waals surface area contributed by atoms with Crippen molar-refractivity contribution in [3.05, 3.63) is 83.4 Å². The predicted molar refractivity (Wildman–Crippen MR) is 116 cm³/mol. The Balaban J connectivity index is 1.65. The maximum Gasteiger partial charge on any atom is 0.265 e. The van der Waals surface area contributed by atoms with Crippen LogP contribution < -0.4 is 10.4 Å². The first-order valence-electron chi connectivity index (χ1n) is 10.3. The number of rotatable bonds is 3. The number of hydrogen-bond acceptors (Lipinski definition) is 3. The molecule has 1 atom stereocenters. The van der Waals surface area contributed by atoms with Gasteiger partial charge in [-0.25, -0.2) is 0 Å². The lowest BCUT2D eigenvalue weighted by atomic mass is 9.83. The van der Waals surface area contributed by atoms with Gasteiger partial charge in [0.1, 0.15) is 5.75 Å². The van der Waals surface area contributed by atoms with Gasteiger partial charge in [-0.15, -0.1) is 0 Å². The second-order valence-electron chi connectivity index (χ2n) is 7.88. The molecule has 1 aliphatic carbocycles. The van der Waals surface area contributed by atoms with Crippen molar-refractivity contribution in [2.75, 3.05) is 5.01 Å². The summed E-state index contributed by atoms with van der Waals surface area (Å²) in [5.41, 5.74) is 7.57. The molecule has 3 aromatic carbocycles. The third-order valence-electron chi connectivity index (χ3n) is 6.13. The molecule has 2 aliphatic rings. The van der Waals surface area contributed by atoms with Crippen molar-refractivity contribution in [3.63, 3.8) is 0 Å². The number of hydrazine groups is 1. The largest absolute Gasteiger partial charge is 0.507 e. The van der Waals surface area contributed by atoms with Crippen LogP contribution in [0.4, 0.5) is 5.69 Å². The number of carbonyl (C=O) groups excluding carboxylic acids is 1. The number of amides is 1. The second kappa shape index (κ2) is 7.28. The van der Waals surface area contributed by atoms with E-state index in [-0.39, 0.29) is 17.7 Å². The first-order valence-corrected chi connectivity index (χ1v) is 10.3. The maximum absolute atomic E-state index is 13.0. The van der Waals surface area contributed by atoms with Crippen LogP contribution in [0.15, 0.2) is 77.9 Å². The molecule has 0 saturated carbocycles. The van der Waals surface area contributed by atoms with Crippen molar-refractivity contribution in [2.24, 2.45) is 0 Å². The predicted octanol–water partition coefficient (Wildman–Crippen LogP) is 4.88. The summed E-state index contributed by atoms with van der Waals surface area (Å²) in [6.07, 6.45) is 4.85. The molecule has 146 valence electrons. The molecular formula is C25H24N2O2. The molecule has 0 bridgehead atoms. The minimum atomic E-state index is 0.0150. The van der Waals surface area contributed by atoms with Gasteiger partial charge in [0.2, 0.25) is 0 Å². The molecule has 0 fully saturated rings. The average molecular weight is 384 g/mol. The van der Waals surface area contributed by atoms with Crippen molar-refractivity contribution >= 4 is 22.4 Å². The molecule has 3 aromatic rings. The van der Waals surface area contributed by atoms with Crippen LogP contribution in [0, 0.1) is 0 Å². The number of phenolic OH excluding ortho intramolecular Hbond substituents is 1. The molecule has 5 rings (SSSR count). The number of phenols is 1. The number of carbonyl (C=O) groups is 1. The topological polar surface area (TPSA) is 52.6 Å². The number of nitrogens with zero attached hydrogens (tertiary/aromatic N) is 1. The van der Waals surface area contributed by atoms with Gasteiger partial charge in [0.05, 0.1) is 11.7 Å². The lowest BCUT2D eigenvalue weighted by molar-refractivity contribution is -0.118. The highest BCUT2D eigenvalue weighted by Crippen LogP contribution is 2.39. The van der Waals surface area contributed by atoms with Gasteiger partial charge in [0.25, 0.3) is 5.91 Å². The Bertz CT molecular complexity index is 1100. The minimum absolute atomic E-state index is 0.0150. The number of nitrogens with one attached hydrogen (secondary N) is 1. The van der Waals surface area contributed by atoms with Crippen LogP contribution in [0.5, 0.6) is 5.75 Å². The van der Waals surface area contributed by atoms with Gasteiger partial charge in [-0.3, -0.25) is 15.2 Å². The first kappa shape index (κ1) is 17.8. The lowest BCUT2D eigenvalue weighted by Gasteiger charge is -2.42. The standard InChI is InChI=1S/C25H24N2O2/c28-24-15-7-12-18-20(24)13-6-14-22(18)27-23(16-17-8-2-1-3-9-17)19-10-4-5-11-21(19)25(29)26-27/h1-3,6-9,12-15,23,28H,4-5,10-11,16H2,(H,26,29). The van der Waals surface area contributed by atoms with Crippen LogP contribution in [0.25, 0.3) is 10.8 Å². The fraction of sp³-hybridized carbons (Fsp3) is 0.240. The van der Waals surface area contributed by atoms with E-state index in [0.717, 1.165) is 54.1 Å². The molecular weight excluding hydrogens is 360 g/mol. The quantitative estimate of drug-likeness (QED) is 0.677. The van der Waals surface area contributed by atoms with E-state index in [1.807, 2.05) is 41.4 Å². The molecule has 29 heavy (non-hydrogen) atoms. The second-order valence-corrected chi connectivity index (χ2v) is 7.88. The molecule has 1 heterocycles. The van der Waals surface area contributed by atoms with E-state index < -0.39 is 0 Å². The summed E-state index contributed by atoms with van der Waals surface area (Å²) in [6.45, 7) is 0. The summed E-state index contributed by atoms with van der Waals surface area (Å²) in [6, 6.07) is 21.9. The fourth-order valence-corrected chi connectivity index (χ4v) is 4.73. The van der Waals surface area contributed by atoms with Crippen molar-refractivity contribution in [1.29, 1.82) is 0 Å². The summed E-state index contributed by atoms with van der Waals surface area (Å²) in [7, 11) is 0. The Morgan fingerprint density at radius 3 is 2.52 bits per heavy atom. The molecule has 1 aliphatic heterocycles. The Labute approximate surface area is 170 Å². The zero-order chi connectivity index (χ0) is 19.8. The van der Waals surface area contributed by atoms with E-state index in [2.05, 4.69) is 29.7 Å². The zero-order valence-electron chi connectivity index (χ0n) is 16.3. The lowest BCUT2D eigenvalue weighted by Crippen LogP contribution is -2.55. The molecule has 0 spiro atoms. The van der Waals surface area contributed by atoms with Crippen LogP contribution in [0.1, 0.15) is 31.2 Å². The van der Waals surface area contributed by atoms with Crippen LogP contribution >= 0.6 is 0 Å². The van der Waals surface area contributed by atoms with Crippen LogP contribution in [0.3, 0.4) is 0 Å². The number of benzene rings is 3. The van der Waals surface area contributed by atoms with Gasteiger partial charge in [0, 0.05) is 16.3 Å². The molecule has 0 radical (unpaired) electrons. The molecule has 0 aromatic heterocycles. The maximum atomic E-state index is 13.0. The Morgan fingerprint density at radius 1 is 0.897 bits per heavy atom. The van der Waals surface area contributed by atoms with E-state index in [9.17, 15) is 9.90 Å². The fourth-order valence-electron chi connectivity index (χ4n) is 4.73. The normalized spacial score (nSPS) is 19.2. The summed E-state index contributed by atoms with van der Waals surface area (Å²) >= 11 is 0. The third-order valence-corrected chi connectivity index (χ3v) is 6.13. The molecule has 1 amide bonds. The third kappa shape index (κ3) is 3.15. The smallest absolute Gasteiger partial charge is 0.265 e. The highest BCUT2D eigenvalue weighted by atomic mass is 16.3. The average Bonchev–Trinajstić information content (AvgIpc) is 2.76.